The molecular formula is C50H30O. The van der Waals surface area contributed by atoms with E-state index in [9.17, 15) is 2.74 Å². The van der Waals surface area contributed by atoms with E-state index in [1.54, 1.807) is 0 Å². The topological polar surface area (TPSA) is 13.1 Å². The minimum absolute atomic E-state index is 0.0544. The third kappa shape index (κ3) is 4.22. The largest absolute Gasteiger partial charge is 0.456 e. The standard InChI is InChI=1S/C50H30O/c1-2-14-34-30-47-45(28-33(34)13-1)50-39(24-11-25-46(50)51-47)37-22-9-16-32-26-27-35(29-44(32)37)48-40-18-5-7-20-42(40)49(43-21-8-6-19-41(43)48)38-23-10-15-31-12-3-4-17-36(31)38/h1-30H/i1D,2D,11D,13D,14D,24D,25D,28D,30D. The van der Waals surface area contributed by atoms with Crippen LogP contribution in [0.5, 0.6) is 0 Å². The number of fused-ring (bicyclic) bond motifs is 8. The smallest absolute Gasteiger partial charge is 0.136 e. The van der Waals surface area contributed by atoms with Crippen molar-refractivity contribution in [2.45, 2.75) is 0 Å². The van der Waals surface area contributed by atoms with Crippen LogP contribution in [0.25, 0.3) is 109 Å². The maximum absolute atomic E-state index is 9.41. The summed E-state index contributed by atoms with van der Waals surface area (Å²) in [6.45, 7) is 0. The SMILES string of the molecule is [2H]c1c([2H])c(-c2cccc3ccc(-c4c5ccccc5c(-c5cccc6ccccc56)c5ccccc45)cc23)c2c(oc3c([2H])c4c([2H])c([2H])c([2H])c([2H])c4c([2H])c32)c1[2H]. The van der Waals surface area contributed by atoms with Gasteiger partial charge in [-0.1, -0.05) is 158 Å². The first kappa shape index (κ1) is 20.7. The first-order chi connectivity index (χ1) is 29.1. The van der Waals surface area contributed by atoms with Crippen molar-refractivity contribution >= 4 is 75.8 Å². The summed E-state index contributed by atoms with van der Waals surface area (Å²) < 4.78 is 85.9. The molecule has 0 saturated heterocycles. The fourth-order valence-corrected chi connectivity index (χ4v) is 7.94. The fraction of sp³-hybridized carbons (Fsp3) is 0. The molecule has 0 N–H and O–H groups in total. The Balaban J connectivity index is 1.24. The zero-order chi connectivity index (χ0) is 41.3. The maximum Gasteiger partial charge on any atom is 0.136 e. The van der Waals surface area contributed by atoms with Crippen LogP contribution in [0.3, 0.4) is 0 Å². The fourth-order valence-electron chi connectivity index (χ4n) is 7.94. The van der Waals surface area contributed by atoms with Gasteiger partial charge < -0.3 is 4.42 Å². The lowest BCUT2D eigenvalue weighted by Crippen LogP contribution is -1.92. The van der Waals surface area contributed by atoms with Crippen LogP contribution in [0.1, 0.15) is 12.3 Å². The quantitative estimate of drug-likeness (QED) is 0.173. The predicted molar refractivity (Wildman–Crippen MR) is 218 cm³/mol. The monoisotopic (exact) mass is 655 g/mol. The van der Waals surface area contributed by atoms with Gasteiger partial charge in [0.15, 0.2) is 0 Å². The molecule has 1 aromatic heterocycles. The van der Waals surface area contributed by atoms with Crippen LogP contribution in [0.2, 0.25) is 0 Å². The Hall–Kier alpha value is -6.70. The van der Waals surface area contributed by atoms with E-state index in [0.29, 0.717) is 5.56 Å². The Kier molecular flexibility index (Phi) is 4.43. The number of hydrogen-bond acceptors (Lipinski definition) is 1. The highest BCUT2D eigenvalue weighted by Crippen LogP contribution is 2.47. The minimum atomic E-state index is -0.532. The third-order valence-corrected chi connectivity index (χ3v) is 10.1. The predicted octanol–water partition coefficient (Wildman–Crippen LogP) is 14.4. The molecule has 1 nitrogen and oxygen atoms in total. The molecule has 11 rings (SSSR count). The van der Waals surface area contributed by atoms with Crippen molar-refractivity contribution in [2.75, 3.05) is 0 Å². The van der Waals surface area contributed by atoms with Crippen LogP contribution in [0, 0.1) is 0 Å². The van der Waals surface area contributed by atoms with E-state index in [-0.39, 0.29) is 62.4 Å². The van der Waals surface area contributed by atoms with E-state index in [2.05, 4.69) is 103 Å². The Labute approximate surface area is 307 Å². The maximum atomic E-state index is 9.41. The van der Waals surface area contributed by atoms with Gasteiger partial charge in [0.1, 0.15) is 11.2 Å². The molecule has 0 atom stereocenters. The van der Waals surface area contributed by atoms with Crippen LogP contribution in [0.4, 0.5) is 0 Å². The van der Waals surface area contributed by atoms with Crippen molar-refractivity contribution in [1.29, 1.82) is 0 Å². The molecule has 1 heteroatoms. The molecule has 0 spiro atoms. The lowest BCUT2D eigenvalue weighted by molar-refractivity contribution is 0.669. The van der Waals surface area contributed by atoms with Gasteiger partial charge in [-0.2, -0.15) is 0 Å². The van der Waals surface area contributed by atoms with Gasteiger partial charge in [0.25, 0.3) is 0 Å². The normalized spacial score (nSPS) is 14.4. The highest BCUT2D eigenvalue weighted by Gasteiger charge is 2.19. The molecular weight excluding hydrogens is 617 g/mol. The van der Waals surface area contributed by atoms with Gasteiger partial charge in [0.05, 0.1) is 12.3 Å². The van der Waals surface area contributed by atoms with Crippen molar-refractivity contribution in [3.63, 3.8) is 0 Å². The molecule has 0 saturated carbocycles. The first-order valence-corrected chi connectivity index (χ1v) is 16.9. The van der Waals surface area contributed by atoms with E-state index in [4.69, 9.17) is 14.0 Å². The van der Waals surface area contributed by atoms with Crippen LogP contribution in [0.15, 0.2) is 186 Å². The van der Waals surface area contributed by atoms with Crippen molar-refractivity contribution in [3.05, 3.63) is 182 Å². The zero-order valence-corrected chi connectivity index (χ0v) is 27.0. The first-order valence-electron chi connectivity index (χ1n) is 21.4. The molecule has 0 aliphatic carbocycles. The number of rotatable bonds is 3. The van der Waals surface area contributed by atoms with Crippen LogP contribution < -0.4 is 0 Å². The average Bonchev–Trinajstić information content (AvgIpc) is 3.68. The summed E-state index contributed by atoms with van der Waals surface area (Å²) >= 11 is 0. The van der Waals surface area contributed by atoms with Gasteiger partial charge in [-0.3, -0.25) is 0 Å². The summed E-state index contributed by atoms with van der Waals surface area (Å²) in [4.78, 5) is 0. The average molecular weight is 656 g/mol. The number of hydrogen-bond donors (Lipinski definition) is 0. The third-order valence-electron chi connectivity index (χ3n) is 10.1. The van der Waals surface area contributed by atoms with Crippen molar-refractivity contribution in [3.8, 4) is 33.4 Å². The van der Waals surface area contributed by atoms with Gasteiger partial charge in [0.2, 0.25) is 0 Å². The molecule has 51 heavy (non-hydrogen) atoms. The molecule has 236 valence electrons. The molecule has 11 aromatic rings. The number of benzene rings is 10. The number of furan rings is 1. The van der Waals surface area contributed by atoms with Gasteiger partial charge in [-0.25, -0.2) is 0 Å². The Morgan fingerprint density at radius 3 is 1.73 bits per heavy atom. The highest BCUT2D eigenvalue weighted by atomic mass is 16.3. The highest BCUT2D eigenvalue weighted by molar-refractivity contribution is 6.24. The van der Waals surface area contributed by atoms with Gasteiger partial charge in [-0.15, -0.1) is 0 Å². The summed E-state index contributed by atoms with van der Waals surface area (Å²) in [5.41, 5.74) is 4.80. The van der Waals surface area contributed by atoms with Crippen molar-refractivity contribution in [1.82, 2.24) is 0 Å². The summed E-state index contributed by atoms with van der Waals surface area (Å²) in [6, 6.07) is 39.9. The summed E-state index contributed by atoms with van der Waals surface area (Å²) in [5, 5.41) is 8.17. The van der Waals surface area contributed by atoms with Gasteiger partial charge >= 0.3 is 0 Å². The van der Waals surface area contributed by atoms with E-state index < -0.39 is 30.2 Å². The summed E-state index contributed by atoms with van der Waals surface area (Å²) in [5.74, 6) is 0. The van der Waals surface area contributed by atoms with E-state index in [1.165, 1.54) is 0 Å². The van der Waals surface area contributed by atoms with Crippen LogP contribution in [-0.4, -0.2) is 0 Å². The van der Waals surface area contributed by atoms with Crippen LogP contribution >= 0.6 is 0 Å². The van der Waals surface area contributed by atoms with E-state index in [0.717, 1.165) is 65.3 Å². The summed E-state index contributed by atoms with van der Waals surface area (Å²) in [6.07, 6.45) is 0. The molecule has 0 aliphatic heterocycles. The Morgan fingerprint density at radius 1 is 0.373 bits per heavy atom. The molecule has 0 aliphatic rings. The van der Waals surface area contributed by atoms with Gasteiger partial charge in [0, 0.05) is 10.8 Å². The zero-order valence-electron chi connectivity index (χ0n) is 36.0. The molecule has 0 bridgehead atoms. The molecule has 1 heterocycles. The lowest BCUT2D eigenvalue weighted by atomic mass is 9.84. The molecule has 0 amide bonds. The Morgan fingerprint density at radius 2 is 0.980 bits per heavy atom. The van der Waals surface area contributed by atoms with Crippen LogP contribution in [-0.2, 0) is 0 Å². The second-order valence-corrected chi connectivity index (χ2v) is 12.9. The van der Waals surface area contributed by atoms with E-state index in [1.807, 2.05) is 24.3 Å². The summed E-state index contributed by atoms with van der Waals surface area (Å²) in [7, 11) is 0. The molecule has 0 unspecified atom stereocenters. The van der Waals surface area contributed by atoms with Crippen molar-refractivity contribution in [2.24, 2.45) is 0 Å². The molecule has 10 aromatic carbocycles. The van der Waals surface area contributed by atoms with E-state index >= 15 is 0 Å². The van der Waals surface area contributed by atoms with Gasteiger partial charge in [-0.05, 0) is 111 Å². The van der Waals surface area contributed by atoms with Crippen molar-refractivity contribution < 1.29 is 16.8 Å². The second-order valence-electron chi connectivity index (χ2n) is 12.9. The molecule has 0 fully saturated rings. The molecule has 0 radical (unpaired) electrons. The lowest BCUT2D eigenvalue weighted by Gasteiger charge is -2.19. The minimum Gasteiger partial charge on any atom is -0.456 e. The second kappa shape index (κ2) is 10.9. The Bertz CT molecular complexity index is 3660.